The van der Waals surface area contributed by atoms with Gasteiger partial charge in [-0.2, -0.15) is 5.26 Å². The van der Waals surface area contributed by atoms with E-state index in [0.29, 0.717) is 11.3 Å². The Bertz CT molecular complexity index is 671. The first kappa shape index (κ1) is 13.5. The molecule has 19 heavy (non-hydrogen) atoms. The molecule has 0 spiro atoms. The fraction of sp³-hybridized carbons (Fsp3) is 0.188. The van der Waals surface area contributed by atoms with Gasteiger partial charge in [0.2, 0.25) is 0 Å². The van der Waals surface area contributed by atoms with E-state index in [9.17, 15) is 4.21 Å². The molecule has 1 atom stereocenters. The maximum absolute atomic E-state index is 12.3. The van der Waals surface area contributed by atoms with E-state index in [2.05, 4.69) is 6.07 Å². The van der Waals surface area contributed by atoms with Crippen LogP contribution < -0.4 is 0 Å². The van der Waals surface area contributed by atoms with Gasteiger partial charge < -0.3 is 0 Å². The van der Waals surface area contributed by atoms with Gasteiger partial charge in [-0.15, -0.1) is 0 Å². The first-order chi connectivity index (χ1) is 9.11. The van der Waals surface area contributed by atoms with Crippen molar-refractivity contribution in [3.05, 3.63) is 64.7 Å². The van der Waals surface area contributed by atoms with Crippen LogP contribution >= 0.6 is 0 Å². The molecule has 0 aliphatic rings. The summed E-state index contributed by atoms with van der Waals surface area (Å²) in [6, 6.07) is 15.3. The Balaban J connectivity index is 2.26. The van der Waals surface area contributed by atoms with Gasteiger partial charge in [0.15, 0.2) is 0 Å². The van der Waals surface area contributed by atoms with E-state index in [1.54, 1.807) is 6.07 Å². The van der Waals surface area contributed by atoms with Gasteiger partial charge in [-0.3, -0.25) is 4.21 Å². The third kappa shape index (κ3) is 3.10. The van der Waals surface area contributed by atoms with Crippen molar-refractivity contribution in [2.45, 2.75) is 24.5 Å². The Morgan fingerprint density at radius 2 is 1.84 bits per heavy atom. The molecule has 2 aromatic rings. The number of hydrogen-bond acceptors (Lipinski definition) is 2. The first-order valence-corrected chi connectivity index (χ1v) is 7.37. The lowest BCUT2D eigenvalue weighted by Gasteiger charge is -2.06. The number of hydrogen-bond donors (Lipinski definition) is 0. The van der Waals surface area contributed by atoms with Crippen LogP contribution in [0.4, 0.5) is 0 Å². The molecule has 0 radical (unpaired) electrons. The molecule has 0 aromatic heterocycles. The van der Waals surface area contributed by atoms with E-state index < -0.39 is 10.8 Å². The molecule has 0 saturated carbocycles. The molecule has 0 amide bonds. The second-order valence-corrected chi connectivity index (χ2v) is 5.96. The normalized spacial score (nSPS) is 11.8. The molecule has 0 fully saturated rings. The Hall–Kier alpha value is -1.92. The lowest BCUT2D eigenvalue weighted by molar-refractivity contribution is 0.682. The van der Waals surface area contributed by atoms with Crippen molar-refractivity contribution < 1.29 is 4.21 Å². The molecule has 1 unspecified atom stereocenters. The minimum Gasteiger partial charge on any atom is -0.254 e. The van der Waals surface area contributed by atoms with Crippen LogP contribution in [0.3, 0.4) is 0 Å². The minimum atomic E-state index is -1.12. The van der Waals surface area contributed by atoms with Crippen molar-refractivity contribution in [1.29, 1.82) is 5.26 Å². The molecule has 2 rings (SSSR count). The van der Waals surface area contributed by atoms with Gasteiger partial charge in [-0.1, -0.05) is 24.3 Å². The Labute approximate surface area is 116 Å². The highest BCUT2D eigenvalue weighted by atomic mass is 32.2. The van der Waals surface area contributed by atoms with E-state index in [0.717, 1.165) is 16.0 Å². The SMILES string of the molecule is Cc1ccc(S(=O)Cc2ccccc2C#N)cc1C. The van der Waals surface area contributed by atoms with Crippen molar-refractivity contribution in [3.63, 3.8) is 0 Å². The van der Waals surface area contributed by atoms with Crippen LogP contribution in [0.5, 0.6) is 0 Å². The molecular formula is C16H15NOS. The number of nitriles is 1. The molecular weight excluding hydrogens is 254 g/mol. The van der Waals surface area contributed by atoms with Gasteiger partial charge >= 0.3 is 0 Å². The van der Waals surface area contributed by atoms with E-state index in [1.165, 1.54) is 5.56 Å². The second-order valence-electron chi connectivity index (χ2n) is 4.50. The second kappa shape index (κ2) is 5.81. The average molecular weight is 269 g/mol. The third-order valence-electron chi connectivity index (χ3n) is 3.17. The molecule has 96 valence electrons. The third-order valence-corrected chi connectivity index (χ3v) is 4.52. The Morgan fingerprint density at radius 3 is 2.53 bits per heavy atom. The zero-order chi connectivity index (χ0) is 13.8. The quantitative estimate of drug-likeness (QED) is 0.856. The number of rotatable bonds is 3. The van der Waals surface area contributed by atoms with Crippen LogP contribution in [0.2, 0.25) is 0 Å². The van der Waals surface area contributed by atoms with Crippen LogP contribution in [-0.4, -0.2) is 4.21 Å². The van der Waals surface area contributed by atoms with E-state index in [1.807, 2.05) is 50.2 Å². The predicted octanol–water partition coefficient (Wildman–Crippen LogP) is 3.48. The van der Waals surface area contributed by atoms with Crippen molar-refractivity contribution in [2.75, 3.05) is 0 Å². The van der Waals surface area contributed by atoms with E-state index in [4.69, 9.17) is 5.26 Å². The summed E-state index contributed by atoms with van der Waals surface area (Å²) in [5.41, 5.74) is 3.76. The van der Waals surface area contributed by atoms with Crippen molar-refractivity contribution in [1.82, 2.24) is 0 Å². The van der Waals surface area contributed by atoms with Crippen molar-refractivity contribution in [3.8, 4) is 6.07 Å². The maximum atomic E-state index is 12.3. The maximum Gasteiger partial charge on any atom is 0.0994 e. The molecule has 2 nitrogen and oxygen atoms in total. The van der Waals surface area contributed by atoms with E-state index >= 15 is 0 Å². The van der Waals surface area contributed by atoms with Crippen LogP contribution in [0, 0.1) is 25.2 Å². The molecule has 0 heterocycles. The lowest BCUT2D eigenvalue weighted by Crippen LogP contribution is -1.99. The lowest BCUT2D eigenvalue weighted by atomic mass is 10.1. The highest BCUT2D eigenvalue weighted by molar-refractivity contribution is 7.84. The standard InChI is InChI=1S/C16H15NOS/c1-12-7-8-16(9-13(12)2)19(18)11-15-6-4-3-5-14(15)10-17/h3-9H,11H2,1-2H3. The molecule has 0 aliphatic heterocycles. The number of benzene rings is 2. The van der Waals surface area contributed by atoms with Gasteiger partial charge in [-0.25, -0.2) is 0 Å². The van der Waals surface area contributed by atoms with Crippen LogP contribution in [0.15, 0.2) is 47.4 Å². The van der Waals surface area contributed by atoms with E-state index in [-0.39, 0.29) is 0 Å². The smallest absolute Gasteiger partial charge is 0.0994 e. The van der Waals surface area contributed by atoms with Crippen molar-refractivity contribution >= 4 is 10.8 Å². The average Bonchev–Trinajstić information content (AvgIpc) is 2.42. The summed E-state index contributed by atoms with van der Waals surface area (Å²) in [5.74, 6) is 0.381. The summed E-state index contributed by atoms with van der Waals surface area (Å²) in [5, 5.41) is 9.03. The predicted molar refractivity (Wildman–Crippen MR) is 77.2 cm³/mol. The van der Waals surface area contributed by atoms with Gasteiger partial charge in [0.25, 0.3) is 0 Å². The molecule has 0 N–H and O–H groups in total. The topological polar surface area (TPSA) is 40.9 Å². The Kier molecular flexibility index (Phi) is 4.13. The highest BCUT2D eigenvalue weighted by Crippen LogP contribution is 2.18. The number of nitrogens with zero attached hydrogens (tertiary/aromatic N) is 1. The minimum absolute atomic E-state index is 0.381. The van der Waals surface area contributed by atoms with Gasteiger partial charge in [0, 0.05) is 4.90 Å². The molecule has 0 aliphatic carbocycles. The number of aryl methyl sites for hydroxylation is 2. The monoisotopic (exact) mass is 269 g/mol. The fourth-order valence-corrected chi connectivity index (χ4v) is 3.06. The molecule has 3 heteroatoms. The van der Waals surface area contributed by atoms with Crippen LogP contribution in [0.25, 0.3) is 0 Å². The van der Waals surface area contributed by atoms with Gasteiger partial charge in [0.05, 0.1) is 28.2 Å². The summed E-state index contributed by atoms with van der Waals surface area (Å²) in [6.45, 7) is 4.05. The zero-order valence-electron chi connectivity index (χ0n) is 11.0. The summed E-state index contributed by atoms with van der Waals surface area (Å²) in [6.07, 6.45) is 0. The van der Waals surface area contributed by atoms with Crippen LogP contribution in [-0.2, 0) is 16.6 Å². The molecule has 0 bridgehead atoms. The summed E-state index contributed by atoms with van der Waals surface area (Å²) in [7, 11) is -1.12. The summed E-state index contributed by atoms with van der Waals surface area (Å²) >= 11 is 0. The van der Waals surface area contributed by atoms with Crippen molar-refractivity contribution in [2.24, 2.45) is 0 Å². The zero-order valence-corrected chi connectivity index (χ0v) is 11.8. The molecule has 0 saturated heterocycles. The summed E-state index contributed by atoms with van der Waals surface area (Å²) < 4.78 is 12.3. The largest absolute Gasteiger partial charge is 0.254 e. The first-order valence-electron chi connectivity index (χ1n) is 6.05. The molecule has 2 aromatic carbocycles. The Morgan fingerprint density at radius 1 is 1.11 bits per heavy atom. The van der Waals surface area contributed by atoms with Gasteiger partial charge in [0.1, 0.15) is 0 Å². The van der Waals surface area contributed by atoms with Gasteiger partial charge in [-0.05, 0) is 48.7 Å². The highest BCUT2D eigenvalue weighted by Gasteiger charge is 2.09. The van der Waals surface area contributed by atoms with Crippen LogP contribution in [0.1, 0.15) is 22.3 Å². The summed E-state index contributed by atoms with van der Waals surface area (Å²) in [4.78, 5) is 0.816. The fourth-order valence-electron chi connectivity index (χ4n) is 1.84.